The molecule has 1 saturated heterocycles. The fourth-order valence-corrected chi connectivity index (χ4v) is 7.61. The van der Waals surface area contributed by atoms with E-state index in [9.17, 15) is 0 Å². The second-order valence-corrected chi connectivity index (χ2v) is 11.3. The summed E-state index contributed by atoms with van der Waals surface area (Å²) in [5, 5.41) is 6.55. The van der Waals surface area contributed by atoms with Crippen LogP contribution < -0.4 is 14.8 Å². The monoisotopic (exact) mass is 498 g/mol. The van der Waals surface area contributed by atoms with Crippen molar-refractivity contribution in [3.8, 4) is 11.5 Å². The largest absolute Gasteiger partial charge is 0.497 e. The Morgan fingerprint density at radius 2 is 1.54 bits per heavy atom. The first-order chi connectivity index (χ1) is 18.2. The molecule has 194 valence electrons. The van der Waals surface area contributed by atoms with Crippen molar-refractivity contribution in [2.24, 2.45) is 11.8 Å². The van der Waals surface area contributed by atoms with Crippen molar-refractivity contribution in [1.29, 1.82) is 0 Å². The molecule has 3 aliphatic heterocycles. The van der Waals surface area contributed by atoms with Crippen molar-refractivity contribution >= 4 is 21.8 Å². The first-order valence-corrected chi connectivity index (χ1v) is 14.0. The number of benzene rings is 2. The molecule has 6 nitrogen and oxygen atoms in total. The maximum atomic E-state index is 5.54. The molecular formula is C31H38N4O2. The Kier molecular flexibility index (Phi) is 5.70. The van der Waals surface area contributed by atoms with Gasteiger partial charge in [0.1, 0.15) is 11.5 Å². The number of nitrogens with one attached hydrogen (secondary N) is 3. The minimum absolute atomic E-state index is 0.378. The molecule has 4 aromatic rings. The van der Waals surface area contributed by atoms with Crippen molar-refractivity contribution in [1.82, 2.24) is 20.2 Å². The van der Waals surface area contributed by atoms with Gasteiger partial charge in [-0.25, -0.2) is 0 Å². The van der Waals surface area contributed by atoms with Crippen LogP contribution in [0.4, 0.5) is 0 Å². The molecule has 0 radical (unpaired) electrons. The maximum absolute atomic E-state index is 5.54. The molecule has 0 saturated carbocycles. The second-order valence-electron chi connectivity index (χ2n) is 11.3. The Hall–Kier alpha value is -2.96. The van der Waals surface area contributed by atoms with Crippen LogP contribution in [-0.4, -0.2) is 48.7 Å². The number of aromatic amines is 2. The van der Waals surface area contributed by atoms with Crippen LogP contribution in [0.1, 0.15) is 60.8 Å². The number of piperidine rings is 1. The number of ether oxygens (including phenoxy) is 2. The summed E-state index contributed by atoms with van der Waals surface area (Å²) in [6, 6.07) is 13.8. The highest BCUT2D eigenvalue weighted by Crippen LogP contribution is 2.47. The summed E-state index contributed by atoms with van der Waals surface area (Å²) in [5.74, 6) is 3.30. The van der Waals surface area contributed by atoms with Crippen LogP contribution in [0, 0.1) is 11.8 Å². The van der Waals surface area contributed by atoms with Gasteiger partial charge in [0.25, 0.3) is 0 Å². The maximum Gasteiger partial charge on any atom is 0.119 e. The standard InChI is InChI=1S/C31H38N4O2/c1-4-18-17-35-12-10-23-25-16-21(37-3)6-8-27(25)34-31(23)29(35)14-19(18)13-28-30-22(9-11-32-28)24-15-20(36-2)5-7-26(24)33-30/h5-8,15-16,18-19,28-29,32-34H,4,9-14,17H2,1-3H3. The number of fused-ring (bicyclic) bond motifs is 8. The van der Waals surface area contributed by atoms with E-state index in [1.807, 2.05) is 0 Å². The number of methoxy groups -OCH3 is 2. The third-order valence-corrected chi connectivity index (χ3v) is 9.55. The van der Waals surface area contributed by atoms with Crippen molar-refractivity contribution in [3.05, 3.63) is 58.9 Å². The van der Waals surface area contributed by atoms with Gasteiger partial charge in [0, 0.05) is 52.3 Å². The molecule has 0 bridgehead atoms. The summed E-state index contributed by atoms with van der Waals surface area (Å²) >= 11 is 0. The van der Waals surface area contributed by atoms with Gasteiger partial charge >= 0.3 is 0 Å². The van der Waals surface area contributed by atoms with Crippen molar-refractivity contribution in [3.63, 3.8) is 0 Å². The number of rotatable bonds is 5. The topological polar surface area (TPSA) is 65.3 Å². The minimum atomic E-state index is 0.378. The van der Waals surface area contributed by atoms with Crippen molar-refractivity contribution in [2.75, 3.05) is 33.9 Å². The molecule has 4 unspecified atom stereocenters. The zero-order valence-corrected chi connectivity index (χ0v) is 22.2. The molecule has 3 aliphatic rings. The highest BCUT2D eigenvalue weighted by Gasteiger charge is 2.41. The average Bonchev–Trinajstić information content (AvgIpc) is 3.51. The Morgan fingerprint density at radius 1 is 0.865 bits per heavy atom. The molecule has 2 aromatic heterocycles. The number of hydrogen-bond donors (Lipinski definition) is 3. The molecule has 7 rings (SSSR count). The Labute approximate surface area is 218 Å². The van der Waals surface area contributed by atoms with Gasteiger partial charge in [-0.05, 0) is 91.6 Å². The van der Waals surface area contributed by atoms with Crippen LogP contribution in [0.2, 0.25) is 0 Å². The zero-order chi connectivity index (χ0) is 25.1. The van der Waals surface area contributed by atoms with Gasteiger partial charge in [-0.15, -0.1) is 0 Å². The first kappa shape index (κ1) is 23.2. The predicted octanol–water partition coefficient (Wildman–Crippen LogP) is 5.89. The van der Waals surface area contributed by atoms with Crippen LogP contribution in [0.5, 0.6) is 11.5 Å². The summed E-state index contributed by atoms with van der Waals surface area (Å²) in [5.41, 5.74) is 8.30. The summed E-state index contributed by atoms with van der Waals surface area (Å²) in [6.45, 7) is 5.78. The molecule has 37 heavy (non-hydrogen) atoms. The Balaban J connectivity index is 1.20. The van der Waals surface area contributed by atoms with Gasteiger partial charge in [0.05, 0.1) is 20.3 Å². The number of hydrogen-bond acceptors (Lipinski definition) is 4. The van der Waals surface area contributed by atoms with Gasteiger partial charge in [0.2, 0.25) is 0 Å². The van der Waals surface area contributed by atoms with E-state index in [0.29, 0.717) is 18.0 Å². The Morgan fingerprint density at radius 3 is 2.22 bits per heavy atom. The average molecular weight is 499 g/mol. The third-order valence-electron chi connectivity index (χ3n) is 9.55. The lowest BCUT2D eigenvalue weighted by Crippen LogP contribution is -2.46. The summed E-state index contributed by atoms with van der Waals surface area (Å²) < 4.78 is 11.1. The van der Waals surface area contributed by atoms with Crippen LogP contribution in [0.25, 0.3) is 21.8 Å². The Bertz CT molecular complexity index is 1450. The molecule has 5 heterocycles. The number of aromatic nitrogens is 2. The van der Waals surface area contributed by atoms with Gasteiger partial charge < -0.3 is 24.8 Å². The van der Waals surface area contributed by atoms with Gasteiger partial charge in [-0.2, -0.15) is 0 Å². The van der Waals surface area contributed by atoms with Gasteiger partial charge in [0.15, 0.2) is 0 Å². The lowest BCUT2D eigenvalue weighted by atomic mass is 9.74. The molecule has 0 spiro atoms. The van der Waals surface area contributed by atoms with E-state index in [1.165, 1.54) is 70.1 Å². The first-order valence-electron chi connectivity index (χ1n) is 14.0. The quantitative estimate of drug-likeness (QED) is 0.321. The number of nitrogens with zero attached hydrogens (tertiary/aromatic N) is 1. The SMILES string of the molecule is CCC1CN2CCc3c([nH]c4ccc(OC)cc34)C2CC1CC1NCCc2c1[nH]c1ccc(OC)cc21. The molecule has 4 atom stereocenters. The van der Waals surface area contributed by atoms with Crippen LogP contribution in [0.3, 0.4) is 0 Å². The fourth-order valence-electron chi connectivity index (χ4n) is 7.61. The van der Waals surface area contributed by atoms with Crippen LogP contribution in [0.15, 0.2) is 36.4 Å². The third kappa shape index (κ3) is 3.76. The second kappa shape index (κ2) is 9.10. The molecule has 0 amide bonds. The van der Waals surface area contributed by atoms with E-state index in [1.54, 1.807) is 14.2 Å². The highest BCUT2D eigenvalue weighted by atomic mass is 16.5. The summed E-state index contributed by atoms with van der Waals surface area (Å²) in [6.07, 6.45) is 5.83. The highest BCUT2D eigenvalue weighted by molar-refractivity contribution is 5.87. The summed E-state index contributed by atoms with van der Waals surface area (Å²) in [4.78, 5) is 10.4. The van der Waals surface area contributed by atoms with Crippen molar-refractivity contribution < 1.29 is 9.47 Å². The van der Waals surface area contributed by atoms with Gasteiger partial charge in [-0.3, -0.25) is 4.90 Å². The lowest BCUT2D eigenvalue weighted by Gasteiger charge is -2.47. The smallest absolute Gasteiger partial charge is 0.119 e. The predicted molar refractivity (Wildman–Crippen MR) is 149 cm³/mol. The fraction of sp³-hybridized carbons (Fsp3) is 0.484. The van der Waals surface area contributed by atoms with Crippen LogP contribution >= 0.6 is 0 Å². The van der Waals surface area contributed by atoms with Gasteiger partial charge in [-0.1, -0.05) is 13.3 Å². The van der Waals surface area contributed by atoms with E-state index in [4.69, 9.17) is 9.47 Å². The van der Waals surface area contributed by atoms with E-state index >= 15 is 0 Å². The van der Waals surface area contributed by atoms with E-state index in [2.05, 4.69) is 63.5 Å². The summed E-state index contributed by atoms with van der Waals surface area (Å²) in [7, 11) is 3.51. The minimum Gasteiger partial charge on any atom is -0.497 e. The molecular weight excluding hydrogens is 460 g/mol. The molecule has 0 aliphatic carbocycles. The van der Waals surface area contributed by atoms with Crippen LogP contribution in [-0.2, 0) is 12.8 Å². The lowest BCUT2D eigenvalue weighted by molar-refractivity contribution is 0.0419. The molecule has 1 fully saturated rings. The zero-order valence-electron chi connectivity index (χ0n) is 22.2. The molecule has 2 aromatic carbocycles. The number of H-pyrrole nitrogens is 2. The molecule has 3 N–H and O–H groups in total. The van der Waals surface area contributed by atoms with E-state index < -0.39 is 0 Å². The molecule has 6 heteroatoms. The normalized spacial score (nSPS) is 25.6. The van der Waals surface area contributed by atoms with Crippen molar-refractivity contribution in [2.45, 2.75) is 51.1 Å². The van der Waals surface area contributed by atoms with E-state index in [-0.39, 0.29) is 0 Å². The van der Waals surface area contributed by atoms with E-state index in [0.717, 1.165) is 43.3 Å².